The Morgan fingerprint density at radius 3 is 2.56 bits per heavy atom. The lowest BCUT2D eigenvalue weighted by molar-refractivity contribution is -0.154. The van der Waals surface area contributed by atoms with E-state index in [9.17, 15) is 23.6 Å². The molecule has 0 aliphatic carbocycles. The Labute approximate surface area is 368 Å². The zero-order valence-electron chi connectivity index (χ0n) is 35.1. The molecule has 0 radical (unpaired) electrons. The molecule has 3 fully saturated rings. The first kappa shape index (κ1) is 42.7. The maximum absolute atomic E-state index is 13.7. The number of nitrogens with zero attached hydrogens (tertiary/aromatic N) is 6. The number of imide groups is 1. The molecule has 4 aromatic rings. The van der Waals surface area contributed by atoms with Crippen LogP contribution in [0.2, 0.25) is 5.02 Å². The number of piperidine rings is 1. The van der Waals surface area contributed by atoms with E-state index in [4.69, 9.17) is 30.5 Å². The number of nitrogens with one attached hydrogen (secondary N) is 2. The number of fused-ring (bicyclic) bond motifs is 3. The second-order valence-electron chi connectivity index (χ2n) is 16.8. The summed E-state index contributed by atoms with van der Waals surface area (Å²) >= 11 is 5.98. The number of halogens is 2. The predicted octanol–water partition coefficient (Wildman–Crippen LogP) is 4.33. The number of aromatic nitrogens is 2. The predicted molar refractivity (Wildman–Crippen MR) is 230 cm³/mol. The minimum atomic E-state index is -0.659. The van der Waals surface area contributed by atoms with Crippen LogP contribution >= 0.6 is 11.6 Å². The van der Waals surface area contributed by atoms with Gasteiger partial charge in [0.15, 0.2) is 11.5 Å². The van der Waals surface area contributed by atoms with Crippen LogP contribution in [0.25, 0.3) is 10.9 Å². The van der Waals surface area contributed by atoms with Gasteiger partial charge in [0.2, 0.25) is 17.7 Å². The minimum absolute atomic E-state index is 0.0120. The van der Waals surface area contributed by atoms with E-state index >= 15 is 0 Å². The summed E-state index contributed by atoms with van der Waals surface area (Å²) in [6.45, 7) is 8.20. The zero-order valence-corrected chi connectivity index (χ0v) is 35.9. The third-order valence-corrected chi connectivity index (χ3v) is 12.9. The van der Waals surface area contributed by atoms with Crippen LogP contribution in [0.15, 0.2) is 48.8 Å². The number of piperazine rings is 1. The van der Waals surface area contributed by atoms with Crippen molar-refractivity contribution >= 4 is 57.6 Å². The van der Waals surface area contributed by atoms with Crippen molar-refractivity contribution in [3.05, 3.63) is 76.3 Å². The van der Waals surface area contributed by atoms with Gasteiger partial charge in [-0.15, -0.1) is 0 Å². The van der Waals surface area contributed by atoms with Gasteiger partial charge in [0, 0.05) is 74.9 Å². The second-order valence-corrected chi connectivity index (χ2v) is 17.2. The van der Waals surface area contributed by atoms with Crippen LogP contribution in [0.3, 0.4) is 0 Å². The van der Waals surface area contributed by atoms with Crippen molar-refractivity contribution in [3.63, 3.8) is 0 Å². The molecule has 18 heteroatoms. The molecule has 0 saturated carbocycles. The molecule has 63 heavy (non-hydrogen) atoms. The number of carbonyl (C=O) groups excluding carboxylic acids is 4. The van der Waals surface area contributed by atoms with Crippen LogP contribution in [0, 0.1) is 5.82 Å². The second kappa shape index (κ2) is 18.2. The highest BCUT2D eigenvalue weighted by Gasteiger charge is 2.49. The highest BCUT2D eigenvalue weighted by atomic mass is 35.5. The molecule has 9 rings (SSSR count). The smallest absolute Gasteiger partial charge is 0.255 e. The SMILES string of the molecule is COc1cc2ncnc(Nc3ccc(F)c(Cl)c3)c2cc1OCCCN1CCN(CCOCCC(=O)N2CC3(CCc4cc5c(cc4O3)C(=O)N(C3CCC(=O)NC3=O)C5)C2)CC1. The number of ether oxygens (including phenoxy) is 4. The Morgan fingerprint density at radius 1 is 0.968 bits per heavy atom. The topological polar surface area (TPSA) is 168 Å². The van der Waals surface area contributed by atoms with Gasteiger partial charge in [-0.2, -0.15) is 0 Å². The number of amides is 4. The third-order valence-electron chi connectivity index (χ3n) is 12.6. The van der Waals surface area contributed by atoms with Crippen molar-refractivity contribution in [1.82, 2.24) is 34.9 Å². The van der Waals surface area contributed by atoms with Crippen LogP contribution in [-0.2, 0) is 32.1 Å². The molecule has 6 heterocycles. The first-order chi connectivity index (χ1) is 30.5. The Kier molecular flexibility index (Phi) is 12.4. The highest BCUT2D eigenvalue weighted by Crippen LogP contribution is 2.42. The first-order valence-corrected chi connectivity index (χ1v) is 21.9. The highest BCUT2D eigenvalue weighted by molar-refractivity contribution is 6.31. The summed E-state index contributed by atoms with van der Waals surface area (Å²) in [6.07, 6.45) is 4.67. The van der Waals surface area contributed by atoms with E-state index in [1.165, 1.54) is 18.5 Å². The summed E-state index contributed by atoms with van der Waals surface area (Å²) in [4.78, 5) is 67.4. The molecule has 1 aromatic heterocycles. The first-order valence-electron chi connectivity index (χ1n) is 21.5. The van der Waals surface area contributed by atoms with Gasteiger partial charge in [-0.25, -0.2) is 14.4 Å². The molecule has 3 aromatic carbocycles. The third kappa shape index (κ3) is 9.23. The lowest BCUT2D eigenvalue weighted by Crippen LogP contribution is -2.67. The molecule has 4 amide bonds. The summed E-state index contributed by atoms with van der Waals surface area (Å²) < 4.78 is 37.9. The summed E-state index contributed by atoms with van der Waals surface area (Å²) in [6, 6.07) is 11.2. The summed E-state index contributed by atoms with van der Waals surface area (Å²) in [7, 11) is 1.59. The van der Waals surface area contributed by atoms with Gasteiger partial charge in [-0.1, -0.05) is 11.6 Å². The van der Waals surface area contributed by atoms with Crippen molar-refractivity contribution in [2.45, 2.75) is 56.7 Å². The quantitative estimate of drug-likeness (QED) is 0.128. The fourth-order valence-corrected chi connectivity index (χ4v) is 9.28. The normalized spacial score (nSPS) is 19.7. The zero-order chi connectivity index (χ0) is 43.7. The number of aryl methyl sites for hydroxylation is 1. The lowest BCUT2D eigenvalue weighted by atomic mass is 9.83. The molecule has 3 saturated heterocycles. The van der Waals surface area contributed by atoms with Crippen molar-refractivity contribution in [2.75, 3.05) is 84.6 Å². The van der Waals surface area contributed by atoms with E-state index in [0.29, 0.717) is 92.1 Å². The fraction of sp³-hybridized carbons (Fsp3) is 0.467. The molecule has 16 nitrogen and oxygen atoms in total. The Hall–Kier alpha value is -5.62. The van der Waals surface area contributed by atoms with E-state index in [1.807, 2.05) is 23.1 Å². The van der Waals surface area contributed by atoms with E-state index < -0.39 is 23.4 Å². The van der Waals surface area contributed by atoms with Gasteiger partial charge in [0.1, 0.15) is 35.4 Å². The summed E-state index contributed by atoms with van der Waals surface area (Å²) in [5.41, 5.74) is 3.22. The summed E-state index contributed by atoms with van der Waals surface area (Å²) in [5, 5.41) is 6.28. The average Bonchev–Trinajstić information content (AvgIpc) is 3.58. The maximum atomic E-state index is 13.7. The van der Waals surface area contributed by atoms with Crippen molar-refractivity contribution in [1.29, 1.82) is 0 Å². The standard InChI is InChI=1S/C45H50ClFN8O8/c1-60-38-23-35-32(42(49-27-48-35)50-30-3-4-34(47)33(46)20-30)22-39(38)62-16-2-10-52-11-13-53(14-12-52)15-18-61-17-8-41(57)54-25-45(26-54)9-7-28-19-29-24-55(36-5-6-40(56)51-43(36)58)44(59)31(29)21-37(28)63-45/h3-4,19-23,27,36H,2,5-18,24-26H2,1H3,(H,48,49,50)(H,51,56,58). The Bertz CT molecular complexity index is 2430. The molecular weight excluding hydrogens is 835 g/mol. The fourth-order valence-electron chi connectivity index (χ4n) is 9.10. The number of hydrogen-bond acceptors (Lipinski definition) is 13. The van der Waals surface area contributed by atoms with E-state index in [-0.39, 0.29) is 29.2 Å². The molecule has 5 aliphatic heterocycles. The van der Waals surface area contributed by atoms with E-state index in [1.54, 1.807) is 24.1 Å². The van der Waals surface area contributed by atoms with Crippen LogP contribution in [0.5, 0.6) is 17.2 Å². The van der Waals surface area contributed by atoms with Crippen molar-refractivity contribution in [2.24, 2.45) is 0 Å². The van der Waals surface area contributed by atoms with Gasteiger partial charge in [0.25, 0.3) is 5.91 Å². The number of likely N-dealkylation sites (tertiary alicyclic amines) is 1. The molecule has 1 spiro atoms. The number of anilines is 2. The van der Waals surface area contributed by atoms with E-state index in [2.05, 4.69) is 30.4 Å². The van der Waals surface area contributed by atoms with Gasteiger partial charge in [-0.05, 0) is 73.2 Å². The number of hydrogen-bond donors (Lipinski definition) is 2. The molecule has 2 N–H and O–H groups in total. The van der Waals surface area contributed by atoms with Crippen LogP contribution in [0.1, 0.15) is 53.6 Å². The molecular formula is C45H50ClFN8O8. The molecule has 1 unspecified atom stereocenters. The molecule has 1 atom stereocenters. The van der Waals surface area contributed by atoms with Gasteiger partial charge in [-0.3, -0.25) is 29.4 Å². The number of carbonyl (C=O) groups is 4. The van der Waals surface area contributed by atoms with Crippen molar-refractivity contribution in [3.8, 4) is 17.2 Å². The van der Waals surface area contributed by atoms with Crippen molar-refractivity contribution < 1.29 is 42.5 Å². The van der Waals surface area contributed by atoms with Crippen LogP contribution in [-0.4, -0.2) is 144 Å². The lowest BCUT2D eigenvalue weighted by Gasteiger charge is -2.51. The summed E-state index contributed by atoms with van der Waals surface area (Å²) in [5.74, 6) is 0.925. The molecule has 0 bridgehead atoms. The Morgan fingerprint density at radius 2 is 1.78 bits per heavy atom. The van der Waals surface area contributed by atoms with E-state index in [0.717, 1.165) is 75.0 Å². The number of rotatable bonds is 15. The molecule has 5 aliphatic rings. The van der Waals surface area contributed by atoms with Gasteiger partial charge in [0.05, 0.1) is 57.0 Å². The number of benzene rings is 3. The average molecular weight is 885 g/mol. The Balaban J connectivity index is 0.655. The van der Waals surface area contributed by atoms with Crippen LogP contribution in [0.4, 0.5) is 15.9 Å². The minimum Gasteiger partial charge on any atom is -0.493 e. The monoisotopic (exact) mass is 884 g/mol. The van der Waals surface area contributed by atoms with Gasteiger partial charge < -0.3 is 39.0 Å². The maximum Gasteiger partial charge on any atom is 0.255 e. The van der Waals surface area contributed by atoms with Crippen LogP contribution < -0.4 is 24.8 Å². The molecule has 332 valence electrons. The number of methoxy groups -OCH3 is 1. The largest absolute Gasteiger partial charge is 0.493 e. The van der Waals surface area contributed by atoms with Gasteiger partial charge >= 0.3 is 0 Å².